The lowest BCUT2D eigenvalue weighted by molar-refractivity contribution is 0.0471. The van der Waals surface area contributed by atoms with E-state index in [-0.39, 0.29) is 0 Å². The van der Waals surface area contributed by atoms with E-state index in [1.807, 2.05) is 24.3 Å². The molecule has 2 fully saturated rings. The van der Waals surface area contributed by atoms with E-state index in [9.17, 15) is 0 Å². The number of hydrogen-bond acceptors (Lipinski definition) is 4. The summed E-state index contributed by atoms with van der Waals surface area (Å²) in [7, 11) is 0. The zero-order valence-corrected chi connectivity index (χ0v) is 12.8. The maximum atomic E-state index is 5.77. The average molecular weight is 289 g/mol. The molecule has 2 aliphatic rings. The summed E-state index contributed by atoms with van der Waals surface area (Å²) in [5, 5.41) is 0. The van der Waals surface area contributed by atoms with Crippen molar-refractivity contribution < 1.29 is 4.74 Å². The van der Waals surface area contributed by atoms with Crippen LogP contribution < -0.4 is 10.5 Å². The summed E-state index contributed by atoms with van der Waals surface area (Å²) in [6.45, 7) is 6.98. The summed E-state index contributed by atoms with van der Waals surface area (Å²) < 4.78 is 5.77. The van der Waals surface area contributed by atoms with Gasteiger partial charge in [0.05, 0.1) is 6.61 Å². The molecule has 3 rings (SSSR count). The molecule has 116 valence electrons. The third kappa shape index (κ3) is 4.11. The molecule has 2 N–H and O–H groups in total. The van der Waals surface area contributed by atoms with Crippen LogP contribution in [0.5, 0.6) is 5.75 Å². The Morgan fingerprint density at radius 3 is 2.81 bits per heavy atom. The molecule has 0 aliphatic carbocycles. The Labute approximate surface area is 127 Å². The number of piperazine rings is 1. The summed E-state index contributed by atoms with van der Waals surface area (Å²) in [6.07, 6.45) is 5.29. The summed E-state index contributed by atoms with van der Waals surface area (Å²) in [5.41, 5.74) is 6.45. The fraction of sp³-hybridized carbons (Fsp3) is 0.647. The average Bonchev–Trinajstić information content (AvgIpc) is 2.53. The lowest BCUT2D eigenvalue weighted by Crippen LogP contribution is -2.54. The van der Waals surface area contributed by atoms with E-state index in [4.69, 9.17) is 10.5 Å². The van der Waals surface area contributed by atoms with Gasteiger partial charge in [0.25, 0.3) is 0 Å². The smallest absolute Gasteiger partial charge is 0.119 e. The summed E-state index contributed by atoms with van der Waals surface area (Å²) >= 11 is 0. The maximum absolute atomic E-state index is 5.77. The van der Waals surface area contributed by atoms with Gasteiger partial charge in [-0.05, 0) is 50.1 Å². The molecule has 4 heteroatoms. The van der Waals surface area contributed by atoms with Crippen LogP contribution in [0.3, 0.4) is 0 Å². The molecule has 21 heavy (non-hydrogen) atoms. The SMILES string of the molecule is Nc1ccc(OCCCN2CCN3CCCCC3C2)cc1. The van der Waals surface area contributed by atoms with Gasteiger partial charge in [0.1, 0.15) is 5.75 Å². The number of rotatable bonds is 5. The van der Waals surface area contributed by atoms with Gasteiger partial charge in [0.2, 0.25) is 0 Å². The van der Waals surface area contributed by atoms with Crippen LogP contribution in [0.15, 0.2) is 24.3 Å². The topological polar surface area (TPSA) is 41.7 Å². The van der Waals surface area contributed by atoms with E-state index in [0.717, 1.165) is 37.1 Å². The molecule has 0 radical (unpaired) electrons. The van der Waals surface area contributed by atoms with Gasteiger partial charge in [-0.3, -0.25) is 4.90 Å². The molecule has 0 amide bonds. The van der Waals surface area contributed by atoms with Crippen LogP contribution in [0.25, 0.3) is 0 Å². The molecule has 1 unspecified atom stereocenters. The van der Waals surface area contributed by atoms with E-state index in [0.29, 0.717) is 0 Å². The Kier molecular flexibility index (Phi) is 4.99. The normalized spacial score (nSPS) is 23.7. The Balaban J connectivity index is 1.35. The minimum atomic E-state index is 0.785. The summed E-state index contributed by atoms with van der Waals surface area (Å²) in [5.74, 6) is 0.918. The lowest BCUT2D eigenvalue weighted by atomic mass is 9.99. The van der Waals surface area contributed by atoms with E-state index in [1.54, 1.807) is 0 Å². The van der Waals surface area contributed by atoms with Gasteiger partial charge in [0, 0.05) is 37.9 Å². The number of piperidine rings is 1. The van der Waals surface area contributed by atoms with Crippen molar-refractivity contribution in [2.24, 2.45) is 0 Å². The number of nitrogens with two attached hydrogens (primary N) is 1. The zero-order valence-electron chi connectivity index (χ0n) is 12.8. The van der Waals surface area contributed by atoms with Gasteiger partial charge >= 0.3 is 0 Å². The minimum Gasteiger partial charge on any atom is -0.494 e. The highest BCUT2D eigenvalue weighted by Gasteiger charge is 2.28. The number of nitrogens with zero attached hydrogens (tertiary/aromatic N) is 2. The Hall–Kier alpha value is -1.26. The van der Waals surface area contributed by atoms with Crippen LogP contribution >= 0.6 is 0 Å². The second-order valence-corrected chi connectivity index (χ2v) is 6.26. The van der Waals surface area contributed by atoms with Crippen molar-refractivity contribution in [3.8, 4) is 5.75 Å². The van der Waals surface area contributed by atoms with Gasteiger partial charge in [-0.25, -0.2) is 0 Å². The number of ether oxygens (including phenoxy) is 1. The van der Waals surface area contributed by atoms with Crippen LogP contribution in [0.2, 0.25) is 0 Å². The molecule has 2 saturated heterocycles. The molecule has 1 aromatic rings. The van der Waals surface area contributed by atoms with Gasteiger partial charge in [-0.1, -0.05) is 6.42 Å². The monoisotopic (exact) mass is 289 g/mol. The van der Waals surface area contributed by atoms with Crippen LogP contribution in [0, 0.1) is 0 Å². The second kappa shape index (κ2) is 7.14. The van der Waals surface area contributed by atoms with Crippen molar-refractivity contribution in [3.63, 3.8) is 0 Å². The first kappa shape index (κ1) is 14.7. The molecular formula is C17H27N3O. The highest BCUT2D eigenvalue weighted by molar-refractivity contribution is 5.41. The Morgan fingerprint density at radius 2 is 1.95 bits per heavy atom. The molecule has 0 saturated carbocycles. The molecule has 1 atom stereocenters. The highest BCUT2D eigenvalue weighted by atomic mass is 16.5. The van der Waals surface area contributed by atoms with E-state index in [1.165, 1.54) is 45.4 Å². The Bertz CT molecular complexity index is 434. The summed E-state index contributed by atoms with van der Waals surface area (Å²) in [4.78, 5) is 5.30. The summed E-state index contributed by atoms with van der Waals surface area (Å²) in [6, 6.07) is 8.46. The van der Waals surface area contributed by atoms with Crippen LogP contribution in [0.4, 0.5) is 5.69 Å². The van der Waals surface area contributed by atoms with E-state index in [2.05, 4.69) is 9.80 Å². The number of anilines is 1. The standard InChI is InChI=1S/C17H27N3O/c18-15-5-7-17(8-6-15)21-13-3-9-19-11-12-20-10-2-1-4-16(20)14-19/h5-8,16H,1-4,9-14,18H2. The fourth-order valence-electron chi connectivity index (χ4n) is 3.47. The lowest BCUT2D eigenvalue weighted by Gasteiger charge is -2.44. The zero-order chi connectivity index (χ0) is 14.5. The molecule has 0 bridgehead atoms. The third-order valence-corrected chi connectivity index (χ3v) is 4.69. The van der Waals surface area contributed by atoms with Crippen molar-refractivity contribution in [1.29, 1.82) is 0 Å². The van der Waals surface area contributed by atoms with Crippen molar-refractivity contribution in [1.82, 2.24) is 9.80 Å². The number of hydrogen-bond donors (Lipinski definition) is 1. The van der Waals surface area contributed by atoms with E-state index >= 15 is 0 Å². The van der Waals surface area contributed by atoms with Crippen LogP contribution in [-0.2, 0) is 0 Å². The number of benzene rings is 1. The van der Waals surface area contributed by atoms with Crippen molar-refractivity contribution in [3.05, 3.63) is 24.3 Å². The third-order valence-electron chi connectivity index (χ3n) is 4.69. The number of fused-ring (bicyclic) bond motifs is 1. The molecule has 0 spiro atoms. The van der Waals surface area contributed by atoms with Gasteiger partial charge in [0.15, 0.2) is 0 Å². The quantitative estimate of drug-likeness (QED) is 0.666. The number of nitrogen functional groups attached to an aromatic ring is 1. The highest BCUT2D eigenvalue weighted by Crippen LogP contribution is 2.21. The predicted molar refractivity (Wildman–Crippen MR) is 86.6 cm³/mol. The minimum absolute atomic E-state index is 0.785. The van der Waals surface area contributed by atoms with Gasteiger partial charge < -0.3 is 15.4 Å². The predicted octanol–water partition coefficient (Wildman–Crippen LogP) is 2.21. The first-order chi connectivity index (χ1) is 10.3. The van der Waals surface area contributed by atoms with Crippen molar-refractivity contribution in [2.75, 3.05) is 45.1 Å². The van der Waals surface area contributed by atoms with Gasteiger partial charge in [-0.2, -0.15) is 0 Å². The maximum Gasteiger partial charge on any atom is 0.119 e. The van der Waals surface area contributed by atoms with Crippen molar-refractivity contribution in [2.45, 2.75) is 31.7 Å². The molecule has 1 aromatic carbocycles. The molecule has 0 aromatic heterocycles. The Morgan fingerprint density at radius 1 is 1.10 bits per heavy atom. The first-order valence-corrected chi connectivity index (χ1v) is 8.26. The van der Waals surface area contributed by atoms with Crippen LogP contribution in [0.1, 0.15) is 25.7 Å². The molecule has 2 aliphatic heterocycles. The first-order valence-electron chi connectivity index (χ1n) is 8.26. The van der Waals surface area contributed by atoms with Gasteiger partial charge in [-0.15, -0.1) is 0 Å². The fourth-order valence-corrected chi connectivity index (χ4v) is 3.47. The van der Waals surface area contributed by atoms with E-state index < -0.39 is 0 Å². The molecule has 4 nitrogen and oxygen atoms in total. The largest absolute Gasteiger partial charge is 0.494 e. The molecular weight excluding hydrogens is 262 g/mol. The second-order valence-electron chi connectivity index (χ2n) is 6.26. The van der Waals surface area contributed by atoms with Crippen LogP contribution in [-0.4, -0.2) is 55.2 Å². The molecule has 2 heterocycles. The van der Waals surface area contributed by atoms with Crippen molar-refractivity contribution >= 4 is 5.69 Å².